The first-order chi connectivity index (χ1) is 11.6. The Labute approximate surface area is 166 Å². The first kappa shape index (κ1) is 19.2. The molecule has 0 saturated heterocycles. The average molecular weight is 446 g/mol. The molecule has 0 atom stereocenters. The Morgan fingerprint density at radius 2 is 1.64 bits per heavy atom. The molecule has 25 heavy (non-hydrogen) atoms. The summed E-state index contributed by atoms with van der Waals surface area (Å²) in [6, 6.07) is 18.9. The summed E-state index contributed by atoms with van der Waals surface area (Å²) < 4.78 is 7.41. The summed E-state index contributed by atoms with van der Waals surface area (Å²) in [5.41, 5.74) is 4.75. The fraction of sp³-hybridized carbons (Fsp3) is 0.190. The molecule has 0 aliphatic carbocycles. The molecule has 0 saturated carbocycles. The lowest BCUT2D eigenvalue weighted by Gasteiger charge is -2.12. The molecule has 0 spiro atoms. The van der Waals surface area contributed by atoms with Gasteiger partial charge in [-0.2, -0.15) is 4.57 Å². The van der Waals surface area contributed by atoms with Crippen molar-refractivity contribution in [2.45, 2.75) is 0 Å². The van der Waals surface area contributed by atoms with E-state index < -0.39 is 0 Å². The third kappa shape index (κ3) is 4.31. The molecule has 1 aromatic heterocycles. The Morgan fingerprint density at radius 3 is 2.28 bits per heavy atom. The molecule has 0 bridgehead atoms. The summed E-state index contributed by atoms with van der Waals surface area (Å²) in [7, 11) is 7.91. The Hall–Kier alpha value is -2.08. The first-order valence-corrected chi connectivity index (χ1v) is 8.01. The number of aryl methyl sites for hydroxylation is 1. The van der Waals surface area contributed by atoms with Crippen molar-refractivity contribution in [1.29, 1.82) is 0 Å². The second-order valence-corrected chi connectivity index (χ2v) is 6.06. The normalized spacial score (nSPS) is 10.7. The number of hydrogen-bond acceptors (Lipinski definition) is 2. The van der Waals surface area contributed by atoms with Crippen molar-refractivity contribution in [3.8, 4) is 5.75 Å². The van der Waals surface area contributed by atoms with Gasteiger partial charge in [0.15, 0.2) is 0 Å². The number of methoxy groups -OCH3 is 1. The van der Waals surface area contributed by atoms with E-state index in [1.54, 1.807) is 7.11 Å². The van der Waals surface area contributed by atoms with Gasteiger partial charge >= 0.3 is 0 Å². The lowest BCUT2D eigenvalue weighted by atomic mass is 10.1. The van der Waals surface area contributed by atoms with Crippen LogP contribution in [0.4, 0.5) is 5.69 Å². The van der Waals surface area contributed by atoms with E-state index in [9.17, 15) is 0 Å². The maximum absolute atomic E-state index is 5.19. The number of pyridine rings is 1. The summed E-state index contributed by atoms with van der Waals surface area (Å²) in [6.45, 7) is 0. The Balaban J connectivity index is 0.00000225. The van der Waals surface area contributed by atoms with Crippen molar-refractivity contribution in [2.24, 2.45) is 7.05 Å². The lowest BCUT2D eigenvalue weighted by molar-refractivity contribution is -0.646. The van der Waals surface area contributed by atoms with Crippen molar-refractivity contribution >= 4 is 28.7 Å². The van der Waals surface area contributed by atoms with Crippen LogP contribution >= 0.6 is 0 Å². The number of anilines is 1. The van der Waals surface area contributed by atoms with Crippen molar-refractivity contribution in [3.05, 3.63) is 65.9 Å². The Bertz CT molecular complexity index is 886. The van der Waals surface area contributed by atoms with Gasteiger partial charge in [0.2, 0.25) is 11.2 Å². The van der Waals surface area contributed by atoms with E-state index in [2.05, 4.69) is 85.2 Å². The lowest BCUT2D eigenvalue weighted by Crippen LogP contribution is -3.00. The van der Waals surface area contributed by atoms with Gasteiger partial charge in [0.25, 0.3) is 0 Å². The van der Waals surface area contributed by atoms with Crippen LogP contribution in [0.25, 0.3) is 23.1 Å². The minimum absolute atomic E-state index is 0. The van der Waals surface area contributed by atoms with Crippen molar-refractivity contribution in [2.75, 3.05) is 26.1 Å². The van der Waals surface area contributed by atoms with Crippen LogP contribution in [0.15, 0.2) is 54.6 Å². The molecule has 0 aliphatic heterocycles. The van der Waals surface area contributed by atoms with Crippen LogP contribution < -0.4 is 38.2 Å². The second kappa shape index (κ2) is 8.34. The SMILES string of the molecule is COc1ccc(/C=C/c2ccc3cc(N(C)C)ccc3[n+]2C)cc1.[I-]. The zero-order valence-corrected chi connectivity index (χ0v) is 17.2. The highest BCUT2D eigenvalue weighted by atomic mass is 127. The minimum atomic E-state index is 0. The molecule has 0 radical (unpaired) electrons. The van der Waals surface area contributed by atoms with Crippen LogP contribution in [-0.4, -0.2) is 21.2 Å². The average Bonchev–Trinajstić information content (AvgIpc) is 2.61. The summed E-state index contributed by atoms with van der Waals surface area (Å²) >= 11 is 0. The largest absolute Gasteiger partial charge is 1.00 e. The van der Waals surface area contributed by atoms with Crippen LogP contribution in [-0.2, 0) is 7.05 Å². The summed E-state index contributed by atoms with van der Waals surface area (Å²) in [6.07, 6.45) is 4.26. The molecule has 3 aromatic rings. The van der Waals surface area contributed by atoms with Gasteiger partial charge in [0.05, 0.1) is 7.11 Å². The fourth-order valence-electron chi connectivity index (χ4n) is 2.75. The van der Waals surface area contributed by atoms with E-state index in [4.69, 9.17) is 4.74 Å². The molecular formula is C21H23IN2O. The summed E-state index contributed by atoms with van der Waals surface area (Å²) in [5.74, 6) is 0.875. The smallest absolute Gasteiger partial charge is 0.212 e. The number of hydrogen-bond donors (Lipinski definition) is 0. The maximum Gasteiger partial charge on any atom is 0.212 e. The first-order valence-electron chi connectivity index (χ1n) is 8.01. The number of halogens is 1. The molecule has 0 unspecified atom stereocenters. The molecule has 2 aromatic carbocycles. The Kier molecular flexibility index (Phi) is 6.42. The van der Waals surface area contributed by atoms with Gasteiger partial charge in [-0.25, -0.2) is 0 Å². The zero-order valence-electron chi connectivity index (χ0n) is 15.0. The molecule has 0 N–H and O–H groups in total. The maximum atomic E-state index is 5.19. The monoisotopic (exact) mass is 446 g/mol. The van der Waals surface area contributed by atoms with Crippen molar-refractivity contribution in [3.63, 3.8) is 0 Å². The zero-order chi connectivity index (χ0) is 17.1. The Morgan fingerprint density at radius 1 is 0.920 bits per heavy atom. The summed E-state index contributed by atoms with van der Waals surface area (Å²) in [4.78, 5) is 2.12. The number of aromatic nitrogens is 1. The van der Waals surface area contributed by atoms with Crippen LogP contribution in [0.1, 0.15) is 11.3 Å². The van der Waals surface area contributed by atoms with Crippen LogP contribution in [0.3, 0.4) is 0 Å². The van der Waals surface area contributed by atoms with Crippen LogP contribution in [0.5, 0.6) is 5.75 Å². The molecule has 3 nitrogen and oxygen atoms in total. The van der Waals surface area contributed by atoms with E-state index >= 15 is 0 Å². The van der Waals surface area contributed by atoms with Crippen LogP contribution in [0, 0.1) is 0 Å². The third-order valence-corrected chi connectivity index (χ3v) is 4.27. The van der Waals surface area contributed by atoms with E-state index in [-0.39, 0.29) is 24.0 Å². The number of ether oxygens (including phenoxy) is 1. The predicted molar refractivity (Wildman–Crippen MR) is 101 cm³/mol. The minimum Gasteiger partial charge on any atom is -1.00 e. The highest BCUT2D eigenvalue weighted by molar-refractivity contribution is 5.81. The number of fused-ring (bicyclic) bond motifs is 1. The molecule has 1 heterocycles. The standard InChI is InChI=1S/C21H23N2O.HI/c1-22(2)19-11-14-21-17(15-19)8-10-18(23(21)3)9-5-16-6-12-20(24-4)13-7-16;/h5-15H,1-4H3;1H/q+1;/p-1/b9-5+;. The molecule has 130 valence electrons. The van der Waals surface area contributed by atoms with E-state index in [1.165, 1.54) is 16.6 Å². The molecule has 4 heteroatoms. The predicted octanol–water partition coefficient (Wildman–Crippen LogP) is 0.913. The van der Waals surface area contributed by atoms with Gasteiger partial charge < -0.3 is 33.6 Å². The van der Waals surface area contributed by atoms with Gasteiger partial charge in [0, 0.05) is 43.4 Å². The molecule has 3 rings (SSSR count). The molecule has 0 fully saturated rings. The number of nitrogens with zero attached hydrogens (tertiary/aromatic N) is 2. The van der Waals surface area contributed by atoms with Crippen LogP contribution in [0.2, 0.25) is 0 Å². The van der Waals surface area contributed by atoms with Gasteiger partial charge in [-0.1, -0.05) is 12.1 Å². The fourth-order valence-corrected chi connectivity index (χ4v) is 2.75. The highest BCUT2D eigenvalue weighted by Crippen LogP contribution is 2.19. The van der Waals surface area contributed by atoms with Gasteiger partial charge in [-0.15, -0.1) is 0 Å². The van der Waals surface area contributed by atoms with Gasteiger partial charge in [-0.3, -0.25) is 0 Å². The van der Waals surface area contributed by atoms with Crippen molar-refractivity contribution < 1.29 is 33.3 Å². The summed E-state index contributed by atoms with van der Waals surface area (Å²) in [5, 5.41) is 1.24. The van der Waals surface area contributed by atoms with E-state index in [1.807, 2.05) is 12.1 Å². The van der Waals surface area contributed by atoms with E-state index in [0.29, 0.717) is 0 Å². The topological polar surface area (TPSA) is 16.4 Å². The third-order valence-electron chi connectivity index (χ3n) is 4.27. The molecule has 0 amide bonds. The number of rotatable bonds is 4. The second-order valence-electron chi connectivity index (χ2n) is 6.06. The van der Waals surface area contributed by atoms with E-state index in [0.717, 1.165) is 17.0 Å². The quantitative estimate of drug-likeness (QED) is 0.438. The molecule has 0 aliphatic rings. The highest BCUT2D eigenvalue weighted by Gasteiger charge is 2.10. The van der Waals surface area contributed by atoms with Gasteiger partial charge in [-0.05, 0) is 42.0 Å². The number of benzene rings is 2. The van der Waals surface area contributed by atoms with Crippen molar-refractivity contribution in [1.82, 2.24) is 0 Å². The van der Waals surface area contributed by atoms with Gasteiger partial charge in [0.1, 0.15) is 12.8 Å². The molecular weight excluding hydrogens is 423 g/mol.